The summed E-state index contributed by atoms with van der Waals surface area (Å²) in [5.74, 6) is -0.0617. The van der Waals surface area contributed by atoms with Crippen LogP contribution in [0, 0.1) is 0 Å². The fourth-order valence-electron chi connectivity index (χ4n) is 3.46. The zero-order valence-electron chi connectivity index (χ0n) is 14.7. The van der Waals surface area contributed by atoms with E-state index in [-0.39, 0.29) is 11.9 Å². The van der Waals surface area contributed by atoms with Crippen LogP contribution in [0.1, 0.15) is 60.1 Å². The maximum absolute atomic E-state index is 13.2. The molecule has 0 saturated heterocycles. The van der Waals surface area contributed by atoms with Crippen molar-refractivity contribution >= 4 is 17.2 Å². The van der Waals surface area contributed by atoms with Gasteiger partial charge in [0.2, 0.25) is 0 Å². The van der Waals surface area contributed by atoms with Crippen LogP contribution >= 0.6 is 11.3 Å². The summed E-state index contributed by atoms with van der Waals surface area (Å²) < 4.78 is 0. The van der Waals surface area contributed by atoms with Crippen LogP contribution in [0.15, 0.2) is 35.7 Å². The van der Waals surface area contributed by atoms with Crippen molar-refractivity contribution in [3.05, 3.63) is 52.0 Å². The lowest BCUT2D eigenvalue weighted by atomic mass is 9.91. The van der Waals surface area contributed by atoms with Gasteiger partial charge in [0.05, 0.1) is 17.2 Å². The molecule has 134 valence electrons. The zero-order valence-corrected chi connectivity index (χ0v) is 15.5. The number of aryl methyl sites for hydroxylation is 1. The average molecular weight is 359 g/mol. The fraction of sp³-hybridized carbons (Fsp3) is 0.500. The number of hydrogen-bond acceptors (Lipinski definition) is 4. The lowest BCUT2D eigenvalue weighted by Crippen LogP contribution is -2.48. The number of amides is 1. The molecule has 3 rings (SSSR count). The van der Waals surface area contributed by atoms with Crippen LogP contribution in [0.4, 0.5) is 0 Å². The second-order valence-electron chi connectivity index (χ2n) is 6.71. The summed E-state index contributed by atoms with van der Waals surface area (Å²) in [5.41, 5.74) is 1.60. The zero-order chi connectivity index (χ0) is 17.6. The van der Waals surface area contributed by atoms with E-state index < -0.39 is 6.10 Å². The van der Waals surface area contributed by atoms with Crippen LogP contribution in [0.25, 0.3) is 0 Å². The molecule has 4 nitrogen and oxygen atoms in total. The number of carbonyl (C=O) groups excluding carboxylic acids is 1. The van der Waals surface area contributed by atoms with E-state index in [1.165, 1.54) is 0 Å². The highest BCUT2D eigenvalue weighted by Crippen LogP contribution is 2.26. The third-order valence-corrected chi connectivity index (χ3v) is 5.69. The highest BCUT2D eigenvalue weighted by Gasteiger charge is 2.33. The van der Waals surface area contributed by atoms with Crippen molar-refractivity contribution < 1.29 is 9.90 Å². The minimum absolute atomic E-state index is 0.0617. The molecule has 25 heavy (non-hydrogen) atoms. The Labute approximate surface area is 153 Å². The van der Waals surface area contributed by atoms with Gasteiger partial charge in [0.1, 0.15) is 5.69 Å². The molecule has 1 aliphatic carbocycles. The molecule has 2 aromatic rings. The van der Waals surface area contributed by atoms with Crippen molar-refractivity contribution in [1.29, 1.82) is 0 Å². The van der Waals surface area contributed by atoms with Gasteiger partial charge in [-0.3, -0.25) is 4.79 Å². The number of nitrogens with zero attached hydrogens (tertiary/aromatic N) is 2. The van der Waals surface area contributed by atoms with Gasteiger partial charge in [0.15, 0.2) is 0 Å². The van der Waals surface area contributed by atoms with Gasteiger partial charge in [0, 0.05) is 11.9 Å². The summed E-state index contributed by atoms with van der Waals surface area (Å²) in [6.45, 7) is 2.63. The first-order valence-electron chi connectivity index (χ1n) is 9.16. The molecule has 1 aliphatic rings. The normalized spacial score (nSPS) is 20.4. The van der Waals surface area contributed by atoms with Crippen molar-refractivity contribution in [3.8, 4) is 0 Å². The van der Waals surface area contributed by atoms with Gasteiger partial charge in [0.25, 0.3) is 5.91 Å². The molecule has 0 aliphatic heterocycles. The van der Waals surface area contributed by atoms with Crippen LogP contribution in [-0.4, -0.2) is 33.0 Å². The number of rotatable bonds is 6. The topological polar surface area (TPSA) is 53.4 Å². The lowest BCUT2D eigenvalue weighted by Gasteiger charge is -2.37. The molecule has 0 unspecified atom stereocenters. The van der Waals surface area contributed by atoms with E-state index in [0.717, 1.165) is 49.1 Å². The molecule has 1 N–H and O–H groups in total. The van der Waals surface area contributed by atoms with Crippen LogP contribution in [-0.2, 0) is 13.0 Å². The Hall–Kier alpha value is -1.72. The molecular formula is C20H26N2O2S. The number of aromatic nitrogens is 1. The number of aliphatic hydroxyl groups is 1. The van der Waals surface area contributed by atoms with Crippen LogP contribution in [0.5, 0.6) is 0 Å². The van der Waals surface area contributed by atoms with E-state index in [0.29, 0.717) is 12.2 Å². The molecule has 2 atom stereocenters. The molecule has 5 heteroatoms. The smallest absolute Gasteiger partial charge is 0.273 e. The number of benzene rings is 1. The van der Waals surface area contributed by atoms with Crippen molar-refractivity contribution in [2.45, 2.75) is 64.1 Å². The molecule has 1 saturated carbocycles. The second kappa shape index (κ2) is 8.59. The Bertz CT molecular complexity index is 686. The highest BCUT2D eigenvalue weighted by molar-refractivity contribution is 7.09. The van der Waals surface area contributed by atoms with E-state index in [4.69, 9.17) is 0 Å². The summed E-state index contributed by atoms with van der Waals surface area (Å²) in [7, 11) is 0. The Morgan fingerprint density at radius 1 is 1.28 bits per heavy atom. The van der Waals surface area contributed by atoms with Gasteiger partial charge in [-0.15, -0.1) is 11.3 Å². The predicted molar refractivity (Wildman–Crippen MR) is 101 cm³/mol. The van der Waals surface area contributed by atoms with E-state index in [1.54, 1.807) is 11.3 Å². The van der Waals surface area contributed by atoms with E-state index in [1.807, 2.05) is 40.6 Å². The molecule has 0 bridgehead atoms. The molecule has 1 amide bonds. The maximum atomic E-state index is 13.2. The Morgan fingerprint density at radius 2 is 2.04 bits per heavy atom. The third kappa shape index (κ3) is 4.47. The van der Waals surface area contributed by atoms with Gasteiger partial charge in [-0.25, -0.2) is 4.98 Å². The van der Waals surface area contributed by atoms with Crippen molar-refractivity contribution in [3.63, 3.8) is 0 Å². The minimum atomic E-state index is -0.449. The first-order chi connectivity index (χ1) is 12.2. The first kappa shape index (κ1) is 18.1. The van der Waals surface area contributed by atoms with Gasteiger partial charge >= 0.3 is 0 Å². The molecule has 1 heterocycles. The molecule has 1 aromatic heterocycles. The molecule has 1 aromatic carbocycles. The lowest BCUT2D eigenvalue weighted by molar-refractivity contribution is 0.0146. The largest absolute Gasteiger partial charge is 0.391 e. The number of thiazole rings is 1. The van der Waals surface area contributed by atoms with Gasteiger partial charge in [-0.2, -0.15) is 0 Å². The Kier molecular flexibility index (Phi) is 6.21. The standard InChI is InChI=1S/C20H26N2O2S/c1-2-8-19-21-16(14-25-19)20(24)22(13-15-9-4-3-5-10-15)17-11-6-7-12-18(17)23/h3-5,9-10,14,17-18,23H,2,6-8,11-13H2,1H3/t17-,18-/m1/s1. The summed E-state index contributed by atoms with van der Waals surface area (Å²) in [6, 6.07) is 9.87. The van der Waals surface area contributed by atoms with E-state index in [2.05, 4.69) is 11.9 Å². The number of hydrogen-bond donors (Lipinski definition) is 1. The van der Waals surface area contributed by atoms with Crippen LogP contribution in [0.2, 0.25) is 0 Å². The van der Waals surface area contributed by atoms with E-state index in [9.17, 15) is 9.90 Å². The van der Waals surface area contributed by atoms with Gasteiger partial charge in [-0.05, 0) is 31.2 Å². The van der Waals surface area contributed by atoms with Crippen LogP contribution in [0.3, 0.4) is 0 Å². The monoisotopic (exact) mass is 358 g/mol. The maximum Gasteiger partial charge on any atom is 0.273 e. The van der Waals surface area contributed by atoms with Crippen LogP contribution < -0.4 is 0 Å². The molecule has 0 radical (unpaired) electrons. The third-order valence-electron chi connectivity index (χ3n) is 4.79. The van der Waals surface area contributed by atoms with Gasteiger partial charge in [-0.1, -0.05) is 50.1 Å². The summed E-state index contributed by atoms with van der Waals surface area (Å²) >= 11 is 1.55. The highest BCUT2D eigenvalue weighted by atomic mass is 32.1. The number of carbonyl (C=O) groups is 1. The first-order valence-corrected chi connectivity index (χ1v) is 10.0. The predicted octanol–water partition coefficient (Wildman–Crippen LogP) is 4.04. The summed E-state index contributed by atoms with van der Waals surface area (Å²) in [4.78, 5) is 19.5. The molecule has 0 spiro atoms. The quantitative estimate of drug-likeness (QED) is 0.848. The molecule has 1 fully saturated rings. The summed E-state index contributed by atoms with van der Waals surface area (Å²) in [6.07, 6.45) is 5.18. The number of aliphatic hydroxyl groups excluding tert-OH is 1. The molecular weight excluding hydrogens is 332 g/mol. The average Bonchev–Trinajstić information content (AvgIpc) is 3.10. The Morgan fingerprint density at radius 3 is 2.76 bits per heavy atom. The minimum Gasteiger partial charge on any atom is -0.391 e. The SMILES string of the molecule is CCCc1nc(C(=O)N(Cc2ccccc2)[C@@H]2CCCC[C@H]2O)cs1. The second-order valence-corrected chi connectivity index (χ2v) is 7.66. The van der Waals surface area contributed by atoms with Crippen molar-refractivity contribution in [2.75, 3.05) is 0 Å². The van der Waals surface area contributed by atoms with E-state index >= 15 is 0 Å². The Balaban J connectivity index is 1.84. The van der Waals surface area contributed by atoms with Gasteiger partial charge < -0.3 is 10.0 Å². The fourth-order valence-corrected chi connectivity index (χ4v) is 4.33. The summed E-state index contributed by atoms with van der Waals surface area (Å²) in [5, 5.41) is 13.4. The van der Waals surface area contributed by atoms with Crippen molar-refractivity contribution in [1.82, 2.24) is 9.88 Å². The van der Waals surface area contributed by atoms with Crippen molar-refractivity contribution in [2.24, 2.45) is 0 Å².